The quantitative estimate of drug-likeness (QED) is 0.281. The predicted molar refractivity (Wildman–Crippen MR) is 251 cm³/mol. The fraction of sp³-hybridized carbons (Fsp3) is 0.811. The molecule has 4 amide bonds. The molecule has 9 unspecified atom stereocenters. The molecule has 2 saturated heterocycles. The van der Waals surface area contributed by atoms with E-state index >= 15 is 0 Å². The van der Waals surface area contributed by atoms with Crippen molar-refractivity contribution in [3.8, 4) is 0 Å². The molecule has 2 heterocycles. The molecule has 11 heteroatoms. The van der Waals surface area contributed by atoms with E-state index in [1.807, 2.05) is 6.07 Å². The van der Waals surface area contributed by atoms with E-state index in [0.717, 1.165) is 64.4 Å². The van der Waals surface area contributed by atoms with Crippen LogP contribution in [0.15, 0.2) is 35.2 Å². The van der Waals surface area contributed by atoms with Crippen molar-refractivity contribution >= 4 is 35.4 Å². The number of hydrogen-bond donors (Lipinski definition) is 4. The maximum atomic E-state index is 13.3. The second-order valence-corrected chi connectivity index (χ2v) is 25.8. The topological polar surface area (TPSA) is 139 Å². The largest absolute Gasteiger partial charge is 1.00 e. The molecule has 6 saturated carbocycles. The molecule has 15 atom stereocenters. The summed E-state index contributed by atoms with van der Waals surface area (Å²) in [7, 11) is 0.750. The summed E-state index contributed by atoms with van der Waals surface area (Å²) in [6, 6.07) is 11.0. The van der Waals surface area contributed by atoms with Gasteiger partial charge in [0.05, 0.1) is 5.25 Å². The van der Waals surface area contributed by atoms with Crippen molar-refractivity contribution in [2.24, 2.45) is 69.0 Å². The fourth-order valence-corrected chi connectivity index (χ4v) is 17.2. The summed E-state index contributed by atoms with van der Waals surface area (Å²) >= 11 is 1.73. The van der Waals surface area contributed by atoms with E-state index in [0.29, 0.717) is 48.1 Å². The zero-order valence-electron chi connectivity index (χ0n) is 41.8. The van der Waals surface area contributed by atoms with Gasteiger partial charge in [-0.05, 0) is 201 Å². The average molecular weight is 911 g/mol. The van der Waals surface area contributed by atoms with Crippen LogP contribution in [0.2, 0.25) is 0 Å². The van der Waals surface area contributed by atoms with Crippen LogP contribution >= 0.6 is 11.8 Å². The minimum absolute atomic E-state index is 0. The maximum absolute atomic E-state index is 13.3. The normalized spacial score (nSPS) is 41.9. The molecule has 0 bridgehead atoms. The smallest absolute Gasteiger partial charge is 0.857 e. The molecule has 6 aliphatic carbocycles. The number of fused-ring (bicyclic) bond motifs is 10. The van der Waals surface area contributed by atoms with Crippen LogP contribution in [0.5, 0.6) is 0 Å². The molecule has 4 N–H and O–H groups in total. The number of hydrogen-bond acceptors (Lipinski definition) is 6. The van der Waals surface area contributed by atoms with Gasteiger partial charge in [0.15, 0.2) is 0 Å². The van der Waals surface area contributed by atoms with Gasteiger partial charge < -0.3 is 26.4 Å². The van der Waals surface area contributed by atoms with E-state index in [9.17, 15) is 19.2 Å². The van der Waals surface area contributed by atoms with Crippen LogP contribution in [0.1, 0.15) is 166 Å². The van der Waals surface area contributed by atoms with Crippen molar-refractivity contribution in [1.82, 2.24) is 21.3 Å². The minimum Gasteiger partial charge on any atom is -0.857 e. The molecule has 0 spiro atoms. The molecular weight excluding hydrogens is 828 g/mol. The molecule has 0 radical (unpaired) electrons. The minimum atomic E-state index is -0.181. The van der Waals surface area contributed by atoms with Crippen molar-refractivity contribution in [2.75, 3.05) is 7.11 Å². The third-order valence-corrected chi connectivity index (χ3v) is 20.1. The summed E-state index contributed by atoms with van der Waals surface area (Å²) in [5.41, 5.74) is 0.308. The Morgan fingerprint density at radius 3 is 1.55 bits per heavy atom. The van der Waals surface area contributed by atoms with Crippen LogP contribution in [0, 0.1) is 69.0 Å². The summed E-state index contributed by atoms with van der Waals surface area (Å²) in [4.78, 5) is 52.5. The van der Waals surface area contributed by atoms with E-state index in [2.05, 4.69) is 115 Å². The van der Waals surface area contributed by atoms with Crippen molar-refractivity contribution in [2.45, 2.75) is 199 Å². The van der Waals surface area contributed by atoms with Gasteiger partial charge in [-0.25, -0.2) is 0 Å². The molecule has 1 aromatic carbocycles. The SMILES string of the molecule is CC(C)(C)NC(=O)[C@H]1CCC2C3CCC4NC(=O)C(Sc5ccccc5)C[C@]4(C)C3CC[C@@]21C.CC(C)(C)NC(=O)[C@H]1CCC2C3CCC4NC(=O)CC[C@]4(C)C3CC[C@@]21C.C[O-].[Na+]. The summed E-state index contributed by atoms with van der Waals surface area (Å²) < 4.78 is 0. The van der Waals surface area contributed by atoms with E-state index in [4.69, 9.17) is 5.11 Å². The predicted octanol–water partition coefficient (Wildman–Crippen LogP) is 5.83. The van der Waals surface area contributed by atoms with E-state index < -0.39 is 0 Å². The number of carbonyl (C=O) groups is 4. The van der Waals surface area contributed by atoms with Crippen LogP contribution in [0.25, 0.3) is 0 Å². The first-order valence-corrected chi connectivity index (χ1v) is 25.8. The Balaban J connectivity index is 0.000000206. The van der Waals surface area contributed by atoms with Gasteiger partial charge in [-0.1, -0.05) is 45.9 Å². The Kier molecular flexibility index (Phi) is 15.7. The summed E-state index contributed by atoms with van der Waals surface area (Å²) in [6.07, 6.45) is 16.5. The Morgan fingerprint density at radius 2 is 1.06 bits per heavy atom. The average Bonchev–Trinajstić information content (AvgIpc) is 3.76. The number of benzene rings is 1. The number of carbonyl (C=O) groups excluding carboxylic acids is 4. The van der Waals surface area contributed by atoms with Gasteiger partial charge in [0.1, 0.15) is 0 Å². The first kappa shape index (κ1) is 51.8. The van der Waals surface area contributed by atoms with Gasteiger partial charge in [-0.3, -0.25) is 19.2 Å². The molecule has 352 valence electrons. The number of piperidine rings is 2. The van der Waals surface area contributed by atoms with E-state index in [1.54, 1.807) is 11.8 Å². The molecule has 2 aliphatic heterocycles. The summed E-state index contributed by atoms with van der Waals surface area (Å²) in [6.45, 7) is 22.2. The molecular formula is C53H83N4NaO5S. The molecule has 1 aromatic rings. The molecule has 8 fully saturated rings. The Hall–Kier alpha value is -1.59. The van der Waals surface area contributed by atoms with Gasteiger partial charge in [-0.2, -0.15) is 7.11 Å². The fourth-order valence-electron chi connectivity index (χ4n) is 16.0. The third-order valence-electron chi connectivity index (χ3n) is 18.8. The van der Waals surface area contributed by atoms with Gasteiger partial charge in [-0.15, -0.1) is 11.8 Å². The number of rotatable bonds is 4. The number of amides is 4. The molecule has 64 heavy (non-hydrogen) atoms. The monoisotopic (exact) mass is 911 g/mol. The van der Waals surface area contributed by atoms with E-state index in [-0.39, 0.29) is 103 Å². The van der Waals surface area contributed by atoms with Gasteiger partial charge in [0.25, 0.3) is 0 Å². The van der Waals surface area contributed by atoms with Gasteiger partial charge in [0.2, 0.25) is 23.6 Å². The first-order valence-electron chi connectivity index (χ1n) is 24.9. The van der Waals surface area contributed by atoms with Crippen molar-refractivity contribution in [3.05, 3.63) is 30.3 Å². The zero-order valence-corrected chi connectivity index (χ0v) is 44.6. The van der Waals surface area contributed by atoms with Crippen LogP contribution in [-0.4, -0.2) is 59.1 Å². The molecule has 9 nitrogen and oxygen atoms in total. The van der Waals surface area contributed by atoms with Crippen molar-refractivity contribution < 1.29 is 53.8 Å². The Labute approximate surface area is 413 Å². The van der Waals surface area contributed by atoms with Gasteiger partial charge >= 0.3 is 29.6 Å². The number of nitrogens with one attached hydrogen (secondary N) is 4. The Morgan fingerprint density at radius 1 is 0.609 bits per heavy atom. The molecule has 9 rings (SSSR count). The second-order valence-electron chi connectivity index (χ2n) is 24.6. The molecule has 0 aromatic heterocycles. The third kappa shape index (κ3) is 9.81. The molecule has 8 aliphatic rings. The number of thioether (sulfide) groups is 1. The van der Waals surface area contributed by atoms with Crippen LogP contribution in [0.3, 0.4) is 0 Å². The standard InChI is InChI=1S/C29H42N2O2S.C23H38N2O2.CH3O.Na/c1-27(2,3)31-25(32)22-13-12-20-19-11-14-24-29(5,21(19)15-16-28(20,22)4)17-23(26(33)30-24)34-18-9-7-6-8-10-18;1-21(2,3)25-20(27)17-8-7-15-14-6-9-18-23(5,13-11-19(26)24-18)16(14)10-12-22(15,17)4;1-2;/h6-10,19-24H,11-17H2,1-5H3,(H,30,33)(H,31,32);14-18H,6-13H2,1-5H3,(H,24,26)(H,25,27);1H3;/q;;-1;+1/t19?,20?,21?,22-,23?,24?,28+,29-;14?,15?,16?,17-,18?,22+,23-;;/m11../s1. The van der Waals surface area contributed by atoms with Gasteiger partial charge in [0, 0.05) is 46.3 Å². The van der Waals surface area contributed by atoms with Crippen LogP contribution in [-0.2, 0) is 19.2 Å². The van der Waals surface area contributed by atoms with Crippen molar-refractivity contribution in [3.63, 3.8) is 0 Å². The maximum Gasteiger partial charge on any atom is 1.00 e. The Bertz CT molecular complexity index is 1850. The second kappa shape index (κ2) is 19.4. The van der Waals surface area contributed by atoms with Crippen LogP contribution < -0.4 is 55.9 Å². The van der Waals surface area contributed by atoms with E-state index in [1.165, 1.54) is 43.4 Å². The first-order chi connectivity index (χ1) is 29.6. The summed E-state index contributed by atoms with van der Waals surface area (Å²) in [5.74, 6) is 5.34. The van der Waals surface area contributed by atoms with Crippen molar-refractivity contribution in [1.29, 1.82) is 0 Å². The summed E-state index contributed by atoms with van der Waals surface area (Å²) in [5, 5.41) is 21.5. The van der Waals surface area contributed by atoms with Crippen LogP contribution in [0.4, 0.5) is 0 Å². The zero-order chi connectivity index (χ0) is 45.9.